The molecule has 1 aliphatic rings. The Bertz CT molecular complexity index is 368. The Kier molecular flexibility index (Phi) is 4.15. The molecular weight excluding hydrogens is 240 g/mol. The molecule has 5 atom stereocenters. The van der Waals surface area contributed by atoms with Crippen LogP contribution in [0.4, 0.5) is 0 Å². The van der Waals surface area contributed by atoms with Gasteiger partial charge < -0.3 is 29.9 Å². The first kappa shape index (κ1) is 13.3. The van der Waals surface area contributed by atoms with Crippen molar-refractivity contribution in [2.24, 2.45) is 0 Å². The monoisotopic (exact) mass is 256 g/mol. The molecular formula is C12H16O6. The number of aliphatic hydroxyl groups is 4. The molecule has 0 aliphatic carbocycles. The number of hydrogen-bond donors (Lipinski definition) is 4. The maximum atomic E-state index is 9.74. The molecule has 0 radical (unpaired) electrons. The molecule has 0 bridgehead atoms. The number of ether oxygens (including phenoxy) is 2. The van der Waals surface area contributed by atoms with Gasteiger partial charge in [-0.25, -0.2) is 0 Å². The van der Waals surface area contributed by atoms with Gasteiger partial charge in [-0.05, 0) is 12.1 Å². The molecule has 4 N–H and O–H groups in total. The molecule has 100 valence electrons. The summed E-state index contributed by atoms with van der Waals surface area (Å²) in [5.74, 6) is 0.460. The van der Waals surface area contributed by atoms with E-state index in [1.807, 2.05) is 0 Å². The second-order valence-electron chi connectivity index (χ2n) is 4.13. The zero-order chi connectivity index (χ0) is 13.1. The smallest absolute Gasteiger partial charge is 0.229 e. The lowest BCUT2D eigenvalue weighted by Crippen LogP contribution is -2.60. The van der Waals surface area contributed by atoms with E-state index in [2.05, 4.69) is 0 Å². The topological polar surface area (TPSA) is 99.4 Å². The molecule has 2 rings (SSSR count). The summed E-state index contributed by atoms with van der Waals surface area (Å²) < 4.78 is 10.6. The summed E-state index contributed by atoms with van der Waals surface area (Å²) in [6.45, 7) is -0.473. The molecule has 1 aromatic rings. The highest BCUT2D eigenvalue weighted by Gasteiger charge is 2.44. The van der Waals surface area contributed by atoms with Crippen LogP contribution in [0, 0.1) is 0 Å². The molecule has 1 aliphatic heterocycles. The summed E-state index contributed by atoms with van der Waals surface area (Å²) in [5.41, 5.74) is 0. The average molecular weight is 256 g/mol. The summed E-state index contributed by atoms with van der Waals surface area (Å²) in [7, 11) is 0. The Morgan fingerprint density at radius 3 is 2.28 bits per heavy atom. The Balaban J connectivity index is 2.08. The van der Waals surface area contributed by atoms with E-state index >= 15 is 0 Å². The number of aliphatic hydroxyl groups excluding tert-OH is 4. The third-order valence-corrected chi connectivity index (χ3v) is 2.84. The van der Waals surface area contributed by atoms with Gasteiger partial charge in [0.2, 0.25) is 6.29 Å². The second kappa shape index (κ2) is 5.64. The molecule has 0 saturated carbocycles. The van der Waals surface area contributed by atoms with E-state index in [0.29, 0.717) is 5.75 Å². The van der Waals surface area contributed by atoms with E-state index < -0.39 is 37.3 Å². The minimum Gasteiger partial charge on any atom is -0.462 e. The van der Waals surface area contributed by atoms with Gasteiger partial charge in [0.05, 0.1) is 6.61 Å². The highest BCUT2D eigenvalue weighted by Crippen LogP contribution is 2.23. The largest absolute Gasteiger partial charge is 0.462 e. The quantitative estimate of drug-likeness (QED) is 0.546. The van der Waals surface area contributed by atoms with Crippen molar-refractivity contribution < 1.29 is 29.9 Å². The van der Waals surface area contributed by atoms with Crippen molar-refractivity contribution in [3.63, 3.8) is 0 Å². The molecule has 0 spiro atoms. The SMILES string of the molecule is OCC1O[C@@H](Oc2ccccc2)C(O)[C@@H](O)[C@H]1O. The highest BCUT2D eigenvalue weighted by atomic mass is 16.7. The molecule has 6 heteroatoms. The molecule has 0 amide bonds. The first-order valence-electron chi connectivity index (χ1n) is 5.65. The van der Waals surface area contributed by atoms with E-state index in [1.54, 1.807) is 30.3 Å². The maximum absolute atomic E-state index is 9.74. The Hall–Kier alpha value is -1.18. The number of benzene rings is 1. The summed E-state index contributed by atoms with van der Waals surface area (Å²) in [5, 5.41) is 37.9. The first-order valence-corrected chi connectivity index (χ1v) is 5.65. The molecule has 6 nitrogen and oxygen atoms in total. The van der Waals surface area contributed by atoms with Crippen molar-refractivity contribution in [3.05, 3.63) is 30.3 Å². The molecule has 1 aromatic carbocycles. The van der Waals surface area contributed by atoms with Crippen LogP contribution in [-0.4, -0.2) is 57.7 Å². The van der Waals surface area contributed by atoms with Crippen molar-refractivity contribution in [1.82, 2.24) is 0 Å². The van der Waals surface area contributed by atoms with Crippen LogP contribution in [-0.2, 0) is 4.74 Å². The fraction of sp³-hybridized carbons (Fsp3) is 0.500. The van der Waals surface area contributed by atoms with E-state index in [9.17, 15) is 15.3 Å². The van der Waals surface area contributed by atoms with Gasteiger partial charge in [-0.15, -0.1) is 0 Å². The van der Waals surface area contributed by atoms with Gasteiger partial charge >= 0.3 is 0 Å². The molecule has 1 fully saturated rings. The van der Waals surface area contributed by atoms with Gasteiger partial charge in [-0.3, -0.25) is 0 Å². The average Bonchev–Trinajstić information content (AvgIpc) is 2.40. The molecule has 1 heterocycles. The second-order valence-corrected chi connectivity index (χ2v) is 4.13. The lowest BCUT2D eigenvalue weighted by atomic mass is 9.99. The van der Waals surface area contributed by atoms with Crippen LogP contribution in [0.3, 0.4) is 0 Å². The number of rotatable bonds is 3. The van der Waals surface area contributed by atoms with Gasteiger partial charge in [0.25, 0.3) is 0 Å². The van der Waals surface area contributed by atoms with Crippen LogP contribution in [0.15, 0.2) is 30.3 Å². The highest BCUT2D eigenvalue weighted by molar-refractivity contribution is 5.21. The Labute approximate surface area is 104 Å². The van der Waals surface area contributed by atoms with Crippen LogP contribution in [0.1, 0.15) is 0 Å². The predicted octanol–water partition coefficient (Wildman–Crippen LogP) is -1.13. The van der Waals surface area contributed by atoms with E-state index in [4.69, 9.17) is 14.6 Å². The zero-order valence-corrected chi connectivity index (χ0v) is 9.59. The standard InChI is InChI=1S/C12H16O6/c13-6-8-9(14)10(15)11(16)12(18-8)17-7-4-2-1-3-5-7/h1-5,8-16H,6H2/t8?,9-,10-,11?,12+/m0/s1. The Morgan fingerprint density at radius 2 is 1.67 bits per heavy atom. The fourth-order valence-electron chi connectivity index (χ4n) is 1.80. The van der Waals surface area contributed by atoms with Crippen LogP contribution < -0.4 is 4.74 Å². The maximum Gasteiger partial charge on any atom is 0.229 e. The van der Waals surface area contributed by atoms with Crippen molar-refractivity contribution in [2.75, 3.05) is 6.61 Å². The third kappa shape index (κ3) is 2.63. The van der Waals surface area contributed by atoms with Gasteiger partial charge in [-0.2, -0.15) is 0 Å². The van der Waals surface area contributed by atoms with Crippen molar-refractivity contribution in [1.29, 1.82) is 0 Å². The van der Waals surface area contributed by atoms with Gasteiger partial charge in [0, 0.05) is 0 Å². The van der Waals surface area contributed by atoms with Crippen molar-refractivity contribution in [2.45, 2.75) is 30.7 Å². The van der Waals surface area contributed by atoms with E-state index in [1.165, 1.54) is 0 Å². The van der Waals surface area contributed by atoms with Crippen molar-refractivity contribution in [3.8, 4) is 5.75 Å². The van der Waals surface area contributed by atoms with Gasteiger partial charge in [0.15, 0.2) is 0 Å². The van der Waals surface area contributed by atoms with Crippen LogP contribution >= 0.6 is 0 Å². The van der Waals surface area contributed by atoms with E-state index in [0.717, 1.165) is 0 Å². The van der Waals surface area contributed by atoms with Crippen LogP contribution in [0.25, 0.3) is 0 Å². The lowest BCUT2D eigenvalue weighted by Gasteiger charge is -2.39. The zero-order valence-electron chi connectivity index (χ0n) is 9.59. The summed E-state index contributed by atoms with van der Waals surface area (Å²) in [6, 6.07) is 8.64. The lowest BCUT2D eigenvalue weighted by molar-refractivity contribution is -0.277. The normalized spacial score (nSPS) is 36.3. The van der Waals surface area contributed by atoms with Crippen LogP contribution in [0.5, 0.6) is 5.75 Å². The van der Waals surface area contributed by atoms with Crippen molar-refractivity contribution >= 4 is 0 Å². The van der Waals surface area contributed by atoms with Crippen LogP contribution in [0.2, 0.25) is 0 Å². The third-order valence-electron chi connectivity index (χ3n) is 2.84. The summed E-state index contributed by atoms with van der Waals surface area (Å²) in [4.78, 5) is 0. The molecule has 2 unspecified atom stereocenters. The number of hydrogen-bond acceptors (Lipinski definition) is 6. The fourth-order valence-corrected chi connectivity index (χ4v) is 1.80. The molecule has 0 aromatic heterocycles. The first-order chi connectivity index (χ1) is 8.63. The predicted molar refractivity (Wildman–Crippen MR) is 60.8 cm³/mol. The Morgan fingerprint density at radius 1 is 1.00 bits per heavy atom. The van der Waals surface area contributed by atoms with E-state index in [-0.39, 0.29) is 0 Å². The van der Waals surface area contributed by atoms with Gasteiger partial charge in [-0.1, -0.05) is 18.2 Å². The number of para-hydroxylation sites is 1. The minimum absolute atomic E-state index is 0.460. The summed E-state index contributed by atoms with van der Waals surface area (Å²) >= 11 is 0. The summed E-state index contributed by atoms with van der Waals surface area (Å²) in [6.07, 6.45) is -6.28. The molecule has 18 heavy (non-hydrogen) atoms. The molecule has 1 saturated heterocycles. The van der Waals surface area contributed by atoms with Gasteiger partial charge in [0.1, 0.15) is 30.2 Å². The minimum atomic E-state index is -1.43.